The second-order valence-electron chi connectivity index (χ2n) is 7.30. The van der Waals surface area contributed by atoms with E-state index < -0.39 is 0 Å². The fraction of sp³-hybridized carbons (Fsp3) is 0.368. The smallest absolute Gasteiger partial charge is 0.0972 e. The van der Waals surface area contributed by atoms with Crippen molar-refractivity contribution in [3.05, 3.63) is 59.2 Å². The van der Waals surface area contributed by atoms with Crippen LogP contribution in [-0.2, 0) is 10.8 Å². The van der Waals surface area contributed by atoms with E-state index in [4.69, 9.17) is 15.7 Å². The van der Waals surface area contributed by atoms with E-state index >= 15 is 0 Å². The van der Waals surface area contributed by atoms with Crippen molar-refractivity contribution in [2.24, 2.45) is 0 Å². The van der Waals surface area contributed by atoms with E-state index in [9.17, 15) is 0 Å². The Morgan fingerprint density at radius 3 is 1.95 bits per heavy atom. The number of hydrogen-bond donors (Lipinski definition) is 0. The van der Waals surface area contributed by atoms with Gasteiger partial charge in [0.05, 0.1) is 0 Å². The molecule has 21 heavy (non-hydrogen) atoms. The highest BCUT2D eigenvalue weighted by Gasteiger charge is 2.26. The second kappa shape index (κ2) is 5.40. The molecule has 0 heterocycles. The van der Waals surface area contributed by atoms with Crippen LogP contribution in [0.25, 0.3) is 0 Å². The summed E-state index contributed by atoms with van der Waals surface area (Å²) < 4.78 is 0. The first-order chi connectivity index (χ1) is 9.62. The van der Waals surface area contributed by atoms with Crippen molar-refractivity contribution in [1.82, 2.24) is 0 Å². The Morgan fingerprint density at radius 1 is 0.762 bits per heavy atom. The first kappa shape index (κ1) is 15.9. The third kappa shape index (κ3) is 3.26. The first-order valence-electron chi connectivity index (χ1n) is 7.39. The van der Waals surface area contributed by atoms with E-state index in [-0.39, 0.29) is 10.8 Å². The van der Waals surface area contributed by atoms with Crippen LogP contribution in [0.1, 0.15) is 51.3 Å². The Hall–Kier alpha value is -1.43. The molecule has 0 N–H and O–H groups in total. The highest BCUT2D eigenvalue weighted by atomic mass is 14.3. The molecule has 4 radical (unpaired) electrons. The largest absolute Gasteiger partial charge is 0.114 e. The van der Waals surface area contributed by atoms with Crippen molar-refractivity contribution in [3.8, 4) is 0 Å². The SMILES string of the molecule is [B]c1ccc(C(C)(C)c2cccc(C(C)(C)C)c2)c([B])c1. The van der Waals surface area contributed by atoms with Gasteiger partial charge in [-0.3, -0.25) is 0 Å². The standard InChI is InChI=1S/C19H22B2/c1-18(2,3)13-7-6-8-14(11-13)19(4,5)16-10-9-15(20)12-17(16)21/h6-12H,1-5H3. The summed E-state index contributed by atoms with van der Waals surface area (Å²) in [6, 6.07) is 14.6. The fourth-order valence-electron chi connectivity index (χ4n) is 2.68. The van der Waals surface area contributed by atoms with E-state index in [2.05, 4.69) is 58.9 Å². The molecule has 0 nitrogen and oxygen atoms in total. The van der Waals surface area contributed by atoms with Gasteiger partial charge in [-0.1, -0.05) is 88.0 Å². The monoisotopic (exact) mass is 272 g/mol. The van der Waals surface area contributed by atoms with Gasteiger partial charge in [-0.25, -0.2) is 0 Å². The summed E-state index contributed by atoms with van der Waals surface area (Å²) >= 11 is 0. The fourth-order valence-corrected chi connectivity index (χ4v) is 2.68. The molecule has 0 aliphatic rings. The van der Waals surface area contributed by atoms with Crippen molar-refractivity contribution in [2.75, 3.05) is 0 Å². The van der Waals surface area contributed by atoms with Crippen LogP contribution in [0.15, 0.2) is 42.5 Å². The molecule has 0 spiro atoms. The summed E-state index contributed by atoms with van der Waals surface area (Å²) in [6.07, 6.45) is 0. The second-order valence-corrected chi connectivity index (χ2v) is 7.30. The third-order valence-corrected chi connectivity index (χ3v) is 4.20. The maximum atomic E-state index is 6.19. The maximum Gasteiger partial charge on any atom is 0.114 e. The number of hydrogen-bond acceptors (Lipinski definition) is 0. The van der Waals surface area contributed by atoms with Gasteiger partial charge >= 0.3 is 0 Å². The zero-order valence-electron chi connectivity index (χ0n) is 13.7. The highest BCUT2D eigenvalue weighted by Crippen LogP contribution is 2.33. The molecule has 104 valence electrons. The Morgan fingerprint density at radius 2 is 1.38 bits per heavy atom. The summed E-state index contributed by atoms with van der Waals surface area (Å²) in [4.78, 5) is 0. The quantitative estimate of drug-likeness (QED) is 0.737. The minimum Gasteiger partial charge on any atom is -0.0972 e. The van der Waals surface area contributed by atoms with Gasteiger partial charge in [-0.15, -0.1) is 0 Å². The van der Waals surface area contributed by atoms with Crippen molar-refractivity contribution in [3.63, 3.8) is 0 Å². The van der Waals surface area contributed by atoms with Crippen LogP contribution in [0.2, 0.25) is 0 Å². The van der Waals surface area contributed by atoms with Crippen LogP contribution in [0.4, 0.5) is 0 Å². The van der Waals surface area contributed by atoms with Crippen LogP contribution < -0.4 is 10.9 Å². The molecule has 0 saturated heterocycles. The molecule has 2 aromatic rings. The summed E-state index contributed by atoms with van der Waals surface area (Å²) in [6.45, 7) is 11.1. The average molecular weight is 272 g/mol. The van der Waals surface area contributed by atoms with Gasteiger partial charge in [0.15, 0.2) is 0 Å². The molecule has 0 fully saturated rings. The molecule has 0 atom stereocenters. The lowest BCUT2D eigenvalue weighted by Crippen LogP contribution is -2.30. The minimum atomic E-state index is -0.154. The molecule has 2 heteroatoms. The predicted molar refractivity (Wildman–Crippen MR) is 94.5 cm³/mol. The van der Waals surface area contributed by atoms with E-state index in [0.717, 1.165) is 11.0 Å². The van der Waals surface area contributed by atoms with Gasteiger partial charge in [0.2, 0.25) is 0 Å². The Labute approximate surface area is 131 Å². The molecule has 2 rings (SSSR count). The summed E-state index contributed by atoms with van der Waals surface area (Å²) in [7, 11) is 12.0. The molecular formula is C19H22B2. The maximum absolute atomic E-state index is 6.19. The molecule has 0 aromatic heterocycles. The average Bonchev–Trinajstić information content (AvgIpc) is 2.37. The predicted octanol–water partition coefficient (Wildman–Crippen LogP) is 2.90. The molecule has 0 aliphatic carbocycles. The molecule has 0 unspecified atom stereocenters. The molecule has 0 bridgehead atoms. The van der Waals surface area contributed by atoms with Crippen molar-refractivity contribution in [2.45, 2.75) is 45.4 Å². The van der Waals surface area contributed by atoms with Gasteiger partial charge in [-0.05, 0) is 22.1 Å². The zero-order valence-corrected chi connectivity index (χ0v) is 13.7. The van der Waals surface area contributed by atoms with Crippen molar-refractivity contribution < 1.29 is 0 Å². The summed E-state index contributed by atoms with van der Waals surface area (Å²) in [5.41, 5.74) is 5.16. The zero-order chi connectivity index (χ0) is 15.8. The van der Waals surface area contributed by atoms with Crippen molar-refractivity contribution >= 4 is 26.6 Å². The third-order valence-electron chi connectivity index (χ3n) is 4.20. The van der Waals surface area contributed by atoms with Crippen LogP contribution in [-0.4, -0.2) is 15.7 Å². The van der Waals surface area contributed by atoms with Crippen LogP contribution in [0.3, 0.4) is 0 Å². The lowest BCUT2D eigenvalue weighted by Gasteiger charge is -2.30. The molecule has 0 saturated carbocycles. The molecule has 0 amide bonds. The van der Waals surface area contributed by atoms with E-state index in [1.165, 1.54) is 11.1 Å². The van der Waals surface area contributed by atoms with E-state index in [0.29, 0.717) is 5.46 Å². The minimum absolute atomic E-state index is 0.138. The van der Waals surface area contributed by atoms with Crippen LogP contribution in [0.5, 0.6) is 0 Å². The van der Waals surface area contributed by atoms with E-state index in [1.807, 2.05) is 18.2 Å². The Bertz CT molecular complexity index is 649. The summed E-state index contributed by atoms with van der Waals surface area (Å²) in [5, 5.41) is 0. The highest BCUT2D eigenvalue weighted by molar-refractivity contribution is 6.38. The Balaban J connectivity index is 2.53. The van der Waals surface area contributed by atoms with Gasteiger partial charge in [0.1, 0.15) is 15.7 Å². The van der Waals surface area contributed by atoms with Gasteiger partial charge < -0.3 is 0 Å². The topological polar surface area (TPSA) is 0 Å². The van der Waals surface area contributed by atoms with Gasteiger partial charge in [0, 0.05) is 5.41 Å². The van der Waals surface area contributed by atoms with Gasteiger partial charge in [0.25, 0.3) is 0 Å². The van der Waals surface area contributed by atoms with E-state index in [1.54, 1.807) is 0 Å². The van der Waals surface area contributed by atoms with Gasteiger partial charge in [-0.2, -0.15) is 0 Å². The Kier molecular flexibility index (Phi) is 4.10. The first-order valence-corrected chi connectivity index (χ1v) is 7.39. The number of rotatable bonds is 2. The van der Waals surface area contributed by atoms with Crippen LogP contribution >= 0.6 is 0 Å². The molecular weight excluding hydrogens is 250 g/mol. The van der Waals surface area contributed by atoms with Crippen molar-refractivity contribution in [1.29, 1.82) is 0 Å². The number of benzene rings is 2. The molecule has 0 aliphatic heterocycles. The normalized spacial score (nSPS) is 12.4. The lowest BCUT2D eigenvalue weighted by atomic mass is 9.70. The van der Waals surface area contributed by atoms with Crippen LogP contribution in [0, 0.1) is 0 Å². The lowest BCUT2D eigenvalue weighted by molar-refractivity contribution is 0.582. The molecule has 2 aromatic carbocycles. The summed E-state index contributed by atoms with van der Waals surface area (Å²) in [5.74, 6) is 0.